The van der Waals surface area contributed by atoms with Crippen LogP contribution in [0.25, 0.3) is 0 Å². The zero-order chi connectivity index (χ0) is 16.7. The minimum atomic E-state index is -1.14. The van der Waals surface area contributed by atoms with E-state index >= 15 is 0 Å². The fraction of sp³-hybridized carbons (Fsp3) is 0.217. The van der Waals surface area contributed by atoms with Crippen molar-refractivity contribution in [3.63, 3.8) is 0 Å². The summed E-state index contributed by atoms with van der Waals surface area (Å²) in [6.07, 6.45) is 4.97. The van der Waals surface area contributed by atoms with Gasteiger partial charge in [-0.25, -0.2) is 0 Å². The Morgan fingerprint density at radius 1 is 0.520 bits per heavy atom. The lowest BCUT2D eigenvalue weighted by Crippen LogP contribution is -2.07. The molecule has 0 atom stereocenters. The monoisotopic (exact) mass is 369 g/mol. The maximum Gasteiger partial charge on any atom is 0.0849 e. The van der Waals surface area contributed by atoms with E-state index < -0.39 is 7.26 Å². The van der Waals surface area contributed by atoms with Crippen molar-refractivity contribution in [2.75, 3.05) is 6.16 Å². The lowest BCUT2D eigenvalue weighted by atomic mass is 10.2. The quantitative estimate of drug-likeness (QED) is 0.391. The first-order valence-electron chi connectivity index (χ1n) is 8.76. The molecular formula is C23H27ClP+. The molecule has 0 heterocycles. The van der Waals surface area contributed by atoms with E-state index in [0.29, 0.717) is 0 Å². The summed E-state index contributed by atoms with van der Waals surface area (Å²) in [5, 5.41) is 0. The standard InChI is InChI=1S/C23H26P.ClH/c1-2-24(18-21-12-6-3-7-13-21,19-22-14-8-4-9-15-22)20-23-16-10-5-11-17-23;/h3-17H,2,18-20H2,1H3;1H/q+1;. The van der Waals surface area contributed by atoms with Crippen LogP contribution in [0.3, 0.4) is 0 Å². The highest BCUT2D eigenvalue weighted by molar-refractivity contribution is 7.73. The fourth-order valence-electron chi connectivity index (χ4n) is 3.42. The molecule has 0 aromatic heterocycles. The predicted octanol–water partition coefficient (Wildman–Crippen LogP) is 7.05. The highest BCUT2D eigenvalue weighted by atomic mass is 35.5. The van der Waals surface area contributed by atoms with Crippen LogP contribution in [0, 0.1) is 0 Å². The van der Waals surface area contributed by atoms with Crippen molar-refractivity contribution in [2.45, 2.75) is 25.4 Å². The Bertz CT molecular complexity index is 624. The van der Waals surface area contributed by atoms with Gasteiger partial charge in [-0.3, -0.25) is 0 Å². The summed E-state index contributed by atoms with van der Waals surface area (Å²) in [5.41, 5.74) is 4.46. The van der Waals surface area contributed by atoms with Crippen molar-refractivity contribution in [1.82, 2.24) is 0 Å². The van der Waals surface area contributed by atoms with Crippen LogP contribution in [-0.4, -0.2) is 6.16 Å². The molecule has 3 rings (SSSR count). The molecule has 0 aliphatic heterocycles. The minimum Gasteiger partial charge on any atom is -0.147 e. The maximum absolute atomic E-state index is 2.39. The third-order valence-electron chi connectivity index (χ3n) is 4.75. The third kappa shape index (κ3) is 5.70. The molecule has 25 heavy (non-hydrogen) atoms. The summed E-state index contributed by atoms with van der Waals surface area (Å²) in [6.45, 7) is 2.39. The number of benzene rings is 3. The zero-order valence-electron chi connectivity index (χ0n) is 14.8. The highest BCUT2D eigenvalue weighted by Gasteiger charge is 2.36. The lowest BCUT2D eigenvalue weighted by molar-refractivity contribution is 1.18. The molecule has 130 valence electrons. The first-order chi connectivity index (χ1) is 11.8. The van der Waals surface area contributed by atoms with Gasteiger partial charge in [-0.05, 0) is 23.6 Å². The largest absolute Gasteiger partial charge is 0.147 e. The van der Waals surface area contributed by atoms with Gasteiger partial charge in [-0.1, -0.05) is 91.0 Å². The van der Waals surface area contributed by atoms with Crippen LogP contribution in [0.5, 0.6) is 0 Å². The molecule has 2 heteroatoms. The molecule has 3 aromatic rings. The number of hydrogen-bond donors (Lipinski definition) is 0. The zero-order valence-corrected chi connectivity index (χ0v) is 16.6. The van der Waals surface area contributed by atoms with Crippen LogP contribution >= 0.6 is 19.7 Å². The summed E-state index contributed by atoms with van der Waals surface area (Å²) < 4.78 is 0. The molecule has 0 fully saturated rings. The second-order valence-electron chi connectivity index (χ2n) is 6.59. The van der Waals surface area contributed by atoms with E-state index in [0.717, 1.165) is 0 Å². The van der Waals surface area contributed by atoms with Crippen molar-refractivity contribution >= 4 is 19.7 Å². The van der Waals surface area contributed by atoms with Crippen LogP contribution in [0.1, 0.15) is 23.6 Å². The van der Waals surface area contributed by atoms with Gasteiger partial charge in [0.05, 0.1) is 24.6 Å². The van der Waals surface area contributed by atoms with Crippen molar-refractivity contribution in [2.24, 2.45) is 0 Å². The van der Waals surface area contributed by atoms with Crippen molar-refractivity contribution in [3.05, 3.63) is 108 Å². The normalized spacial score (nSPS) is 10.9. The highest BCUT2D eigenvalue weighted by Crippen LogP contribution is 2.66. The van der Waals surface area contributed by atoms with Gasteiger partial charge < -0.3 is 0 Å². The van der Waals surface area contributed by atoms with Crippen molar-refractivity contribution < 1.29 is 0 Å². The van der Waals surface area contributed by atoms with Gasteiger partial charge in [0.25, 0.3) is 0 Å². The summed E-state index contributed by atoms with van der Waals surface area (Å²) >= 11 is 0. The molecule has 0 saturated heterocycles. The molecule has 3 aromatic carbocycles. The maximum atomic E-state index is 2.39. The molecule has 0 N–H and O–H groups in total. The lowest BCUT2D eigenvalue weighted by Gasteiger charge is -2.27. The Balaban J connectivity index is 0.00000225. The molecule has 0 unspecified atom stereocenters. The summed E-state index contributed by atoms with van der Waals surface area (Å²) in [7, 11) is -1.14. The van der Waals surface area contributed by atoms with E-state index in [-0.39, 0.29) is 12.4 Å². The van der Waals surface area contributed by atoms with Gasteiger partial charge in [-0.15, -0.1) is 12.4 Å². The molecule has 0 nitrogen and oxygen atoms in total. The minimum absolute atomic E-state index is 0. The molecule has 0 aliphatic carbocycles. The molecule has 0 radical (unpaired) electrons. The Morgan fingerprint density at radius 2 is 0.800 bits per heavy atom. The molecule has 0 spiro atoms. The number of halogens is 1. The van der Waals surface area contributed by atoms with E-state index in [1.807, 2.05) is 0 Å². The summed E-state index contributed by atoms with van der Waals surface area (Å²) in [4.78, 5) is 0. The van der Waals surface area contributed by atoms with Gasteiger partial charge in [0, 0.05) is 7.26 Å². The third-order valence-corrected chi connectivity index (χ3v) is 9.20. The molecule has 0 aliphatic rings. The molecule has 0 bridgehead atoms. The predicted molar refractivity (Wildman–Crippen MR) is 115 cm³/mol. The van der Waals surface area contributed by atoms with E-state index in [9.17, 15) is 0 Å². The second-order valence-corrected chi connectivity index (χ2v) is 10.9. The molecule has 0 amide bonds. The smallest absolute Gasteiger partial charge is 0.0849 e. The van der Waals surface area contributed by atoms with Crippen LogP contribution in [0.2, 0.25) is 0 Å². The average molecular weight is 370 g/mol. The van der Waals surface area contributed by atoms with Crippen LogP contribution < -0.4 is 0 Å². The first-order valence-corrected chi connectivity index (χ1v) is 11.3. The van der Waals surface area contributed by atoms with Crippen LogP contribution in [0.4, 0.5) is 0 Å². The van der Waals surface area contributed by atoms with Gasteiger partial charge in [0.2, 0.25) is 0 Å². The van der Waals surface area contributed by atoms with E-state index in [2.05, 4.69) is 97.9 Å². The number of rotatable bonds is 7. The van der Waals surface area contributed by atoms with Crippen LogP contribution in [0.15, 0.2) is 91.0 Å². The topological polar surface area (TPSA) is 0 Å². The van der Waals surface area contributed by atoms with Gasteiger partial charge in [-0.2, -0.15) is 0 Å². The first kappa shape index (κ1) is 19.7. The molecular weight excluding hydrogens is 343 g/mol. The second kappa shape index (κ2) is 9.76. The van der Waals surface area contributed by atoms with Crippen molar-refractivity contribution in [1.29, 1.82) is 0 Å². The Morgan fingerprint density at radius 3 is 1.04 bits per heavy atom. The summed E-state index contributed by atoms with van der Waals surface area (Å²) in [5.74, 6) is 0. The van der Waals surface area contributed by atoms with E-state index in [4.69, 9.17) is 0 Å². The van der Waals surface area contributed by atoms with Gasteiger partial charge in [0.15, 0.2) is 0 Å². The van der Waals surface area contributed by atoms with Gasteiger partial charge >= 0.3 is 0 Å². The Labute approximate surface area is 159 Å². The number of hydrogen-bond acceptors (Lipinski definition) is 0. The van der Waals surface area contributed by atoms with E-state index in [1.54, 1.807) is 0 Å². The van der Waals surface area contributed by atoms with Gasteiger partial charge in [0.1, 0.15) is 0 Å². The SMILES string of the molecule is CC[P+](Cc1ccccc1)(Cc1ccccc1)Cc1ccccc1.Cl. The Kier molecular flexibility index (Phi) is 7.69. The summed E-state index contributed by atoms with van der Waals surface area (Å²) in [6, 6.07) is 33.1. The fourth-order valence-corrected chi connectivity index (χ4v) is 7.38. The van der Waals surface area contributed by atoms with E-state index in [1.165, 1.54) is 41.3 Å². The van der Waals surface area contributed by atoms with Crippen molar-refractivity contribution in [3.8, 4) is 0 Å². The average Bonchev–Trinajstić information content (AvgIpc) is 2.64. The Hall–Kier alpha value is -1.62. The van der Waals surface area contributed by atoms with Crippen LogP contribution in [-0.2, 0) is 18.5 Å². The molecule has 0 saturated carbocycles.